The highest BCUT2D eigenvalue weighted by atomic mass is 16.4. The van der Waals surface area contributed by atoms with E-state index in [1.54, 1.807) is 29.2 Å². The summed E-state index contributed by atoms with van der Waals surface area (Å²) in [5.74, 6) is -3.09. The van der Waals surface area contributed by atoms with Crippen molar-refractivity contribution in [1.82, 2.24) is 9.80 Å². The molecule has 1 N–H and O–H groups in total. The first-order chi connectivity index (χ1) is 16.0. The number of hydrogen-bond donors (Lipinski definition) is 1. The number of imide groups is 1. The molecule has 7 nitrogen and oxygen atoms in total. The number of benzene rings is 2. The van der Waals surface area contributed by atoms with E-state index in [-0.39, 0.29) is 24.3 Å². The normalized spacial score (nSPS) is 24.4. The van der Waals surface area contributed by atoms with Crippen molar-refractivity contribution < 1.29 is 24.3 Å². The van der Waals surface area contributed by atoms with Crippen LogP contribution in [0, 0.1) is 11.8 Å². The first-order valence-corrected chi connectivity index (χ1v) is 11.5. The van der Waals surface area contributed by atoms with Crippen LogP contribution in [0.25, 0.3) is 0 Å². The van der Waals surface area contributed by atoms with E-state index in [1.807, 2.05) is 24.3 Å². The first kappa shape index (κ1) is 21.4. The zero-order valence-corrected chi connectivity index (χ0v) is 18.3. The van der Waals surface area contributed by atoms with E-state index in [9.17, 15) is 24.3 Å². The topological polar surface area (TPSA) is 95.0 Å². The number of carbonyl (C=O) groups is 4. The molecule has 2 heterocycles. The maximum atomic E-state index is 13.7. The lowest BCUT2D eigenvalue weighted by atomic mass is 9.77. The maximum absolute atomic E-state index is 13.7. The van der Waals surface area contributed by atoms with Crippen LogP contribution >= 0.6 is 0 Å². The predicted molar refractivity (Wildman–Crippen MR) is 119 cm³/mol. The minimum absolute atomic E-state index is 0.0551. The Morgan fingerprint density at radius 1 is 0.879 bits per heavy atom. The van der Waals surface area contributed by atoms with Crippen LogP contribution in [-0.2, 0) is 16.0 Å². The summed E-state index contributed by atoms with van der Waals surface area (Å²) >= 11 is 0. The van der Waals surface area contributed by atoms with Gasteiger partial charge in [-0.05, 0) is 42.5 Å². The lowest BCUT2D eigenvalue weighted by Gasteiger charge is -2.42. The summed E-state index contributed by atoms with van der Waals surface area (Å²) in [4.78, 5) is 54.6. The average Bonchev–Trinajstić information content (AvgIpc) is 3.08. The fourth-order valence-electron chi connectivity index (χ4n) is 5.63. The van der Waals surface area contributed by atoms with Crippen LogP contribution in [-0.4, -0.2) is 51.7 Å². The zero-order valence-electron chi connectivity index (χ0n) is 18.3. The van der Waals surface area contributed by atoms with Crippen LogP contribution < -0.4 is 0 Å². The molecule has 2 aromatic rings. The quantitative estimate of drug-likeness (QED) is 0.727. The molecule has 1 aliphatic carbocycles. The molecule has 33 heavy (non-hydrogen) atoms. The van der Waals surface area contributed by atoms with Crippen molar-refractivity contribution in [3.8, 4) is 0 Å². The Bertz CT molecular complexity index is 1110. The molecule has 0 bridgehead atoms. The van der Waals surface area contributed by atoms with Gasteiger partial charge >= 0.3 is 5.97 Å². The highest BCUT2D eigenvalue weighted by Gasteiger charge is 2.44. The molecular weight excluding hydrogens is 420 g/mol. The summed E-state index contributed by atoms with van der Waals surface area (Å²) in [7, 11) is 0. The smallest absolute Gasteiger partial charge is 0.307 e. The standard InChI is InChI=1S/C26H26N2O5/c29-23(20-11-5-6-12-21(20)26(32)33)27-14-13-16-7-1-2-8-17(16)22(27)15-28-24(30)18-9-3-4-10-19(18)25(28)31/h1-4,7-10,20-22H,5-6,11-15H2,(H,32,33)/t20?,21-,22?/m1/s1. The van der Waals surface area contributed by atoms with Gasteiger partial charge in [0, 0.05) is 6.54 Å². The number of amides is 3. The monoisotopic (exact) mass is 446 g/mol. The number of carboxylic acids is 1. The molecule has 3 aliphatic rings. The number of rotatable bonds is 4. The summed E-state index contributed by atoms with van der Waals surface area (Å²) in [6, 6.07) is 14.0. The lowest BCUT2D eigenvalue weighted by Crippen LogP contribution is -2.50. The van der Waals surface area contributed by atoms with Crippen molar-refractivity contribution in [2.75, 3.05) is 13.1 Å². The van der Waals surface area contributed by atoms with E-state index in [1.165, 1.54) is 4.90 Å². The van der Waals surface area contributed by atoms with E-state index in [4.69, 9.17) is 0 Å². The summed E-state index contributed by atoms with van der Waals surface area (Å²) in [5, 5.41) is 9.71. The molecule has 3 amide bonds. The van der Waals surface area contributed by atoms with Crippen molar-refractivity contribution in [1.29, 1.82) is 0 Å². The van der Waals surface area contributed by atoms with Crippen molar-refractivity contribution in [3.05, 3.63) is 70.8 Å². The van der Waals surface area contributed by atoms with Gasteiger partial charge < -0.3 is 10.0 Å². The Morgan fingerprint density at radius 3 is 2.15 bits per heavy atom. The van der Waals surface area contributed by atoms with Crippen LogP contribution in [0.4, 0.5) is 0 Å². The van der Waals surface area contributed by atoms with Crippen LogP contribution in [0.1, 0.15) is 63.6 Å². The van der Waals surface area contributed by atoms with Gasteiger partial charge in [-0.2, -0.15) is 0 Å². The average molecular weight is 447 g/mol. The molecule has 2 unspecified atom stereocenters. The van der Waals surface area contributed by atoms with Crippen LogP contribution in [0.15, 0.2) is 48.5 Å². The van der Waals surface area contributed by atoms with E-state index < -0.39 is 23.8 Å². The summed E-state index contributed by atoms with van der Waals surface area (Å²) < 4.78 is 0. The second kappa shape index (κ2) is 8.46. The van der Waals surface area contributed by atoms with Gasteiger partial charge in [-0.25, -0.2) is 0 Å². The Morgan fingerprint density at radius 2 is 1.48 bits per heavy atom. The van der Waals surface area contributed by atoms with Gasteiger partial charge in [0.25, 0.3) is 11.8 Å². The zero-order chi connectivity index (χ0) is 23.1. The lowest BCUT2D eigenvalue weighted by molar-refractivity contribution is -0.153. The molecule has 0 saturated heterocycles. The molecule has 7 heteroatoms. The molecule has 170 valence electrons. The number of hydrogen-bond acceptors (Lipinski definition) is 4. The SMILES string of the molecule is O=C(O)[C@@H]1CCCCC1C(=O)N1CCc2ccccc2C1CN1C(=O)c2ccccc2C1=O. The molecule has 5 rings (SSSR count). The van der Waals surface area contributed by atoms with Crippen molar-refractivity contribution in [2.24, 2.45) is 11.8 Å². The Kier molecular flexibility index (Phi) is 5.48. The second-order valence-corrected chi connectivity index (χ2v) is 9.10. The van der Waals surface area contributed by atoms with Gasteiger partial charge in [0.15, 0.2) is 0 Å². The molecule has 2 aromatic carbocycles. The van der Waals surface area contributed by atoms with Gasteiger partial charge in [0.2, 0.25) is 5.91 Å². The van der Waals surface area contributed by atoms with Crippen LogP contribution in [0.2, 0.25) is 0 Å². The van der Waals surface area contributed by atoms with E-state index in [0.29, 0.717) is 36.9 Å². The van der Waals surface area contributed by atoms with Crippen molar-refractivity contribution >= 4 is 23.7 Å². The molecule has 0 aromatic heterocycles. The molecule has 2 aliphatic heterocycles. The summed E-state index contributed by atoms with van der Waals surface area (Å²) in [5.41, 5.74) is 2.75. The van der Waals surface area contributed by atoms with Gasteiger partial charge in [-0.3, -0.25) is 24.1 Å². The number of carboxylic acid groups (broad SMARTS) is 1. The van der Waals surface area contributed by atoms with Crippen LogP contribution in [0.5, 0.6) is 0 Å². The molecule has 3 atom stereocenters. The minimum Gasteiger partial charge on any atom is -0.481 e. The van der Waals surface area contributed by atoms with E-state index in [2.05, 4.69) is 0 Å². The number of fused-ring (bicyclic) bond motifs is 2. The number of carbonyl (C=O) groups excluding carboxylic acids is 3. The first-order valence-electron chi connectivity index (χ1n) is 11.5. The third kappa shape index (κ3) is 3.61. The predicted octanol–water partition coefficient (Wildman–Crippen LogP) is 3.30. The van der Waals surface area contributed by atoms with Crippen LogP contribution in [0.3, 0.4) is 0 Å². The van der Waals surface area contributed by atoms with Gasteiger partial charge in [0.1, 0.15) is 0 Å². The molecule has 1 saturated carbocycles. The summed E-state index contributed by atoms with van der Waals surface area (Å²) in [6.07, 6.45) is 3.34. The molecule has 1 fully saturated rings. The minimum atomic E-state index is -0.928. The summed E-state index contributed by atoms with van der Waals surface area (Å²) in [6.45, 7) is 0.492. The molecular formula is C26H26N2O5. The Hall–Kier alpha value is -3.48. The van der Waals surface area contributed by atoms with E-state index >= 15 is 0 Å². The third-order valence-electron chi connectivity index (χ3n) is 7.33. The Balaban J connectivity index is 1.48. The fraction of sp³-hybridized carbons (Fsp3) is 0.385. The van der Waals surface area contributed by atoms with Gasteiger partial charge in [0.05, 0.1) is 35.5 Å². The largest absolute Gasteiger partial charge is 0.481 e. The maximum Gasteiger partial charge on any atom is 0.307 e. The van der Waals surface area contributed by atoms with Crippen molar-refractivity contribution in [3.63, 3.8) is 0 Å². The highest BCUT2D eigenvalue weighted by Crippen LogP contribution is 2.38. The van der Waals surface area contributed by atoms with Crippen molar-refractivity contribution in [2.45, 2.75) is 38.1 Å². The van der Waals surface area contributed by atoms with Gasteiger partial charge in [-0.1, -0.05) is 49.2 Å². The highest BCUT2D eigenvalue weighted by molar-refractivity contribution is 6.21. The fourth-order valence-corrected chi connectivity index (χ4v) is 5.63. The third-order valence-corrected chi connectivity index (χ3v) is 7.33. The second-order valence-electron chi connectivity index (χ2n) is 9.10. The number of nitrogens with zero attached hydrogens (tertiary/aromatic N) is 2. The van der Waals surface area contributed by atoms with E-state index in [0.717, 1.165) is 24.0 Å². The molecule has 0 radical (unpaired) electrons. The number of aliphatic carboxylic acids is 1. The van der Waals surface area contributed by atoms with Gasteiger partial charge in [-0.15, -0.1) is 0 Å². The molecule has 0 spiro atoms. The Labute approximate surface area is 192 Å².